The van der Waals surface area contributed by atoms with Gasteiger partial charge in [0.15, 0.2) is 0 Å². The molecule has 0 aliphatic heterocycles. The number of unbranched alkanes of at least 4 members (excludes halogenated alkanes) is 9. The molecule has 0 unspecified atom stereocenters. The molecule has 0 amide bonds. The number of aliphatic carboxylic acids is 1. The number of carboxylic acids is 1. The van der Waals surface area contributed by atoms with E-state index in [9.17, 15) is 9.59 Å². The number of hydrogen-bond acceptors (Lipinski definition) is 3. The summed E-state index contributed by atoms with van der Waals surface area (Å²) in [5, 5.41) is 8.41. The van der Waals surface area contributed by atoms with E-state index in [-0.39, 0.29) is 50.6 Å². The average Bonchev–Trinajstić information content (AvgIpc) is 2.42. The molecule has 0 radical (unpaired) electrons. The van der Waals surface area contributed by atoms with Crippen LogP contribution in [0.1, 0.15) is 84.0 Å². The third kappa shape index (κ3) is 20.2. The molecule has 0 heterocycles. The van der Waals surface area contributed by atoms with Crippen LogP contribution >= 0.6 is 0 Å². The van der Waals surface area contributed by atoms with Crippen molar-refractivity contribution in [2.45, 2.75) is 84.0 Å². The summed E-state index contributed by atoms with van der Waals surface area (Å²) in [4.78, 5) is 21.4. The fourth-order valence-electron chi connectivity index (χ4n) is 2.06. The van der Waals surface area contributed by atoms with E-state index in [0.717, 1.165) is 12.8 Å². The Balaban J connectivity index is 0. The molecule has 0 spiro atoms. The molecule has 0 aromatic rings. The zero-order valence-electron chi connectivity index (χ0n) is 12.9. The van der Waals surface area contributed by atoms with Crippen LogP contribution in [-0.2, 0) is 14.3 Å². The van der Waals surface area contributed by atoms with E-state index >= 15 is 0 Å². The Bertz CT molecular complexity index is 257. The third-order valence-electron chi connectivity index (χ3n) is 3.30. The van der Waals surface area contributed by atoms with E-state index in [1.807, 2.05) is 0 Å². The van der Waals surface area contributed by atoms with Crippen LogP contribution in [0.25, 0.3) is 0 Å². The molecule has 0 aromatic carbocycles. The van der Waals surface area contributed by atoms with Crippen molar-refractivity contribution in [1.82, 2.24) is 0 Å². The molecule has 5 heteroatoms. The number of esters is 1. The first-order chi connectivity index (χ1) is 9.66. The fraction of sp³-hybridized carbons (Fsp3) is 0.875. The van der Waals surface area contributed by atoms with Gasteiger partial charge in [0.2, 0.25) is 0 Å². The van der Waals surface area contributed by atoms with Crippen LogP contribution in [0, 0.1) is 0 Å². The molecular weight excluding hydrogens is 296 g/mol. The van der Waals surface area contributed by atoms with Gasteiger partial charge in [-0.05, 0) is 6.42 Å². The topological polar surface area (TPSA) is 63.6 Å². The Morgan fingerprint density at radius 3 is 1.76 bits per heavy atom. The molecule has 0 rings (SSSR count). The van der Waals surface area contributed by atoms with E-state index in [1.165, 1.54) is 51.4 Å². The van der Waals surface area contributed by atoms with Crippen LogP contribution in [-0.4, -0.2) is 61.4 Å². The van der Waals surface area contributed by atoms with Gasteiger partial charge in [-0.15, -0.1) is 0 Å². The number of carboxylic acid groups (broad SMARTS) is 1. The summed E-state index contributed by atoms with van der Waals surface area (Å²) < 4.78 is 4.96. The fourth-order valence-corrected chi connectivity index (χ4v) is 2.06. The van der Waals surface area contributed by atoms with Crippen LogP contribution in [0.2, 0.25) is 0 Å². The van der Waals surface area contributed by atoms with Crippen LogP contribution in [0.3, 0.4) is 0 Å². The Labute approximate surface area is 159 Å². The normalized spacial score (nSPS) is 9.95. The molecule has 0 aliphatic carbocycles. The summed E-state index contributed by atoms with van der Waals surface area (Å²) in [7, 11) is 0. The first-order valence-electron chi connectivity index (χ1n) is 8.04. The molecule has 0 saturated heterocycles. The van der Waals surface area contributed by atoms with Gasteiger partial charge in [-0.1, -0.05) is 64.7 Å². The quantitative estimate of drug-likeness (QED) is 0.301. The number of carbonyl (C=O) groups is 2. The summed E-state index contributed by atoms with van der Waals surface area (Å²) in [6, 6.07) is 0. The van der Waals surface area contributed by atoms with E-state index in [1.54, 1.807) is 0 Å². The molecular formula is C16H32CaO4. The van der Waals surface area contributed by atoms with Crippen molar-refractivity contribution >= 4 is 49.7 Å². The van der Waals surface area contributed by atoms with Gasteiger partial charge in [-0.25, -0.2) is 0 Å². The first-order valence-corrected chi connectivity index (χ1v) is 8.04. The van der Waals surface area contributed by atoms with Crippen molar-refractivity contribution in [3.8, 4) is 0 Å². The Morgan fingerprint density at radius 2 is 1.29 bits per heavy atom. The molecule has 0 bridgehead atoms. The zero-order valence-corrected chi connectivity index (χ0v) is 12.9. The van der Waals surface area contributed by atoms with Crippen LogP contribution < -0.4 is 0 Å². The second-order valence-electron chi connectivity index (χ2n) is 5.30. The van der Waals surface area contributed by atoms with Gasteiger partial charge < -0.3 is 9.84 Å². The Kier molecular flexibility index (Phi) is 20.4. The summed E-state index contributed by atoms with van der Waals surface area (Å²) >= 11 is 0. The number of ether oxygens (including phenoxy) is 1. The van der Waals surface area contributed by atoms with E-state index in [4.69, 9.17) is 9.84 Å². The van der Waals surface area contributed by atoms with Gasteiger partial charge >= 0.3 is 49.7 Å². The molecule has 0 fully saturated rings. The number of hydrogen-bond donors (Lipinski definition) is 1. The van der Waals surface area contributed by atoms with Gasteiger partial charge in [-0.3, -0.25) is 9.59 Å². The van der Waals surface area contributed by atoms with Gasteiger partial charge in [0.25, 0.3) is 0 Å². The molecule has 0 saturated carbocycles. The van der Waals surface area contributed by atoms with E-state index < -0.39 is 11.9 Å². The summed E-state index contributed by atoms with van der Waals surface area (Å²) in [6.45, 7) is 2.66. The van der Waals surface area contributed by atoms with Crippen molar-refractivity contribution in [2.24, 2.45) is 0 Å². The van der Waals surface area contributed by atoms with Gasteiger partial charge in [0.05, 0.1) is 19.4 Å². The van der Waals surface area contributed by atoms with Gasteiger partial charge in [-0.2, -0.15) is 0 Å². The monoisotopic (exact) mass is 328 g/mol. The number of rotatable bonds is 14. The van der Waals surface area contributed by atoms with Crippen molar-refractivity contribution in [1.29, 1.82) is 0 Å². The maximum atomic E-state index is 11.1. The predicted molar refractivity (Wildman–Crippen MR) is 88.2 cm³/mol. The predicted octanol–water partition coefficient (Wildman–Crippen LogP) is 3.40. The molecule has 0 aliphatic rings. The van der Waals surface area contributed by atoms with Crippen molar-refractivity contribution in [3.63, 3.8) is 0 Å². The molecule has 4 nitrogen and oxygen atoms in total. The molecule has 122 valence electrons. The molecule has 0 aromatic heterocycles. The Morgan fingerprint density at radius 1 is 0.810 bits per heavy atom. The van der Waals surface area contributed by atoms with Gasteiger partial charge in [0.1, 0.15) is 0 Å². The molecule has 21 heavy (non-hydrogen) atoms. The first kappa shape index (κ1) is 23.5. The van der Waals surface area contributed by atoms with Crippen LogP contribution in [0.4, 0.5) is 0 Å². The number of carbonyl (C=O) groups excluding carboxylic acids is 1. The maximum absolute atomic E-state index is 11.1. The van der Waals surface area contributed by atoms with Crippen molar-refractivity contribution in [3.05, 3.63) is 0 Å². The minimum atomic E-state index is -0.958. The Hall–Kier alpha value is 0.200. The van der Waals surface area contributed by atoms with Crippen molar-refractivity contribution in [2.75, 3.05) is 6.61 Å². The SMILES string of the molecule is CCCCCCCCCCCCOC(=O)CCC(=O)O.[CaH2]. The van der Waals surface area contributed by atoms with Crippen LogP contribution in [0.5, 0.6) is 0 Å². The van der Waals surface area contributed by atoms with E-state index in [0.29, 0.717) is 6.61 Å². The van der Waals surface area contributed by atoms with E-state index in [2.05, 4.69) is 6.92 Å². The second kappa shape index (κ2) is 18.2. The molecule has 0 atom stereocenters. The van der Waals surface area contributed by atoms with Crippen molar-refractivity contribution < 1.29 is 19.4 Å². The third-order valence-corrected chi connectivity index (χ3v) is 3.30. The summed E-state index contributed by atoms with van der Waals surface area (Å²) in [5.41, 5.74) is 0. The van der Waals surface area contributed by atoms with Crippen LogP contribution in [0.15, 0.2) is 0 Å². The minimum absolute atomic E-state index is 0. The second-order valence-corrected chi connectivity index (χ2v) is 5.30. The average molecular weight is 329 g/mol. The standard InChI is InChI=1S/C16H30O4.Ca.2H/c1-2-3-4-5-6-7-8-9-10-11-14-20-16(19)13-12-15(17)18;;;/h2-14H2,1H3,(H,17,18);;;. The van der Waals surface area contributed by atoms with Gasteiger partial charge in [0, 0.05) is 0 Å². The summed E-state index contributed by atoms with van der Waals surface area (Å²) in [5.74, 6) is -1.36. The zero-order chi connectivity index (χ0) is 15.1. The molecule has 1 N–H and O–H groups in total. The summed E-state index contributed by atoms with van der Waals surface area (Å²) in [6.07, 6.45) is 12.3.